The predicted molar refractivity (Wildman–Crippen MR) is 54.7 cm³/mol. The zero-order valence-electron chi connectivity index (χ0n) is 7.98. The van der Waals surface area contributed by atoms with E-state index in [0.717, 1.165) is 4.90 Å². The fourth-order valence-corrected chi connectivity index (χ4v) is 1.99. The highest BCUT2D eigenvalue weighted by molar-refractivity contribution is 8.15. The number of amidine groups is 1. The Hall–Kier alpha value is -1.90. The quantitative estimate of drug-likeness (QED) is 0.732. The maximum Gasteiger partial charge on any atom is 0.323 e. The molecule has 0 saturated carbocycles. The molecule has 2 heterocycles. The Bertz CT molecular complexity index is 443. The molecule has 0 spiro atoms. The van der Waals surface area contributed by atoms with Crippen LogP contribution < -0.4 is 0 Å². The van der Waals surface area contributed by atoms with Crippen LogP contribution in [0.25, 0.3) is 0 Å². The number of hydrogen-bond acceptors (Lipinski definition) is 6. The van der Waals surface area contributed by atoms with Crippen molar-refractivity contribution in [2.24, 2.45) is 5.10 Å². The Morgan fingerprint density at radius 1 is 1.56 bits per heavy atom. The molecule has 0 aliphatic carbocycles. The molecule has 1 amide bonds. The number of hydrogen-bond donors (Lipinski definition) is 1. The third kappa shape index (κ3) is 2.19. The average molecular weight is 241 g/mol. The molecule has 1 fully saturated rings. The fourth-order valence-electron chi connectivity index (χ4n) is 1.11. The normalized spacial score (nSPS) is 18.4. The minimum Gasteiger partial charge on any atom is -0.480 e. The maximum absolute atomic E-state index is 11.4. The summed E-state index contributed by atoms with van der Waals surface area (Å²) in [7, 11) is 0. The van der Waals surface area contributed by atoms with Crippen molar-refractivity contribution in [3.8, 4) is 0 Å². The van der Waals surface area contributed by atoms with Crippen LogP contribution in [0.15, 0.2) is 17.8 Å². The minimum atomic E-state index is -1.08. The first-order valence-corrected chi connectivity index (χ1v) is 5.24. The van der Waals surface area contributed by atoms with Crippen LogP contribution in [0.4, 0.5) is 0 Å². The van der Waals surface area contributed by atoms with Gasteiger partial charge >= 0.3 is 5.97 Å². The molecule has 1 aliphatic rings. The third-order valence-corrected chi connectivity index (χ3v) is 2.71. The van der Waals surface area contributed by atoms with E-state index in [1.807, 2.05) is 0 Å². The first-order valence-electron chi connectivity index (χ1n) is 4.25. The van der Waals surface area contributed by atoms with E-state index in [-0.39, 0.29) is 18.2 Å². The van der Waals surface area contributed by atoms with Crippen LogP contribution in [0.3, 0.4) is 0 Å². The van der Waals surface area contributed by atoms with Gasteiger partial charge in [-0.2, -0.15) is 0 Å². The Morgan fingerprint density at radius 3 is 2.88 bits per heavy atom. The summed E-state index contributed by atoms with van der Waals surface area (Å²) in [5.41, 5.74) is 0. The molecule has 0 atom stereocenters. The molecule has 84 valence electrons. The molecule has 16 heavy (non-hydrogen) atoms. The molecule has 1 aromatic rings. The van der Waals surface area contributed by atoms with Crippen molar-refractivity contribution in [3.05, 3.63) is 12.7 Å². The lowest BCUT2D eigenvalue weighted by Crippen LogP contribution is -2.34. The molecular formula is C7H7N5O3S. The fraction of sp³-hybridized carbons (Fsp3) is 0.286. The summed E-state index contributed by atoms with van der Waals surface area (Å²) in [5.74, 6) is -1.14. The van der Waals surface area contributed by atoms with Crippen LogP contribution in [0.5, 0.6) is 0 Å². The number of aromatic nitrogens is 3. The molecule has 1 aliphatic heterocycles. The van der Waals surface area contributed by atoms with Crippen molar-refractivity contribution in [3.63, 3.8) is 0 Å². The molecule has 1 N–H and O–H groups in total. The van der Waals surface area contributed by atoms with Gasteiger partial charge in [0, 0.05) is 0 Å². The molecule has 0 aromatic carbocycles. The van der Waals surface area contributed by atoms with Crippen LogP contribution in [0.2, 0.25) is 0 Å². The van der Waals surface area contributed by atoms with E-state index in [0.29, 0.717) is 5.17 Å². The predicted octanol–water partition coefficient (Wildman–Crippen LogP) is -0.943. The van der Waals surface area contributed by atoms with Crippen LogP contribution >= 0.6 is 11.8 Å². The number of thioether (sulfide) groups is 1. The van der Waals surface area contributed by atoms with E-state index >= 15 is 0 Å². The zero-order valence-corrected chi connectivity index (χ0v) is 8.79. The SMILES string of the molecule is O=C(O)CN1C(=O)CS/C1=N\n1cnnc1. The lowest BCUT2D eigenvalue weighted by molar-refractivity contribution is -0.140. The molecule has 2 rings (SSSR count). The zero-order chi connectivity index (χ0) is 11.5. The number of nitrogens with zero attached hydrogens (tertiary/aromatic N) is 5. The van der Waals surface area contributed by atoms with Gasteiger partial charge in [-0.15, -0.1) is 15.3 Å². The Labute approximate surface area is 93.9 Å². The second kappa shape index (κ2) is 4.31. The van der Waals surface area contributed by atoms with Crippen molar-refractivity contribution < 1.29 is 14.7 Å². The van der Waals surface area contributed by atoms with Gasteiger partial charge in [-0.25, -0.2) is 4.68 Å². The number of carboxylic acids is 1. The first kappa shape index (κ1) is 10.6. The molecule has 0 radical (unpaired) electrons. The summed E-state index contributed by atoms with van der Waals surface area (Å²) < 4.78 is 1.32. The van der Waals surface area contributed by atoms with Gasteiger partial charge in [0.2, 0.25) is 5.91 Å². The van der Waals surface area contributed by atoms with Crippen LogP contribution in [0.1, 0.15) is 0 Å². The van der Waals surface area contributed by atoms with Gasteiger partial charge in [0.25, 0.3) is 0 Å². The second-order valence-electron chi connectivity index (χ2n) is 2.89. The summed E-state index contributed by atoms with van der Waals surface area (Å²) in [6.07, 6.45) is 2.71. The van der Waals surface area contributed by atoms with Crippen molar-refractivity contribution in [1.82, 2.24) is 19.8 Å². The van der Waals surface area contributed by atoms with Crippen molar-refractivity contribution in [2.75, 3.05) is 12.3 Å². The number of carboxylic acid groups (broad SMARTS) is 1. The highest BCUT2D eigenvalue weighted by atomic mass is 32.2. The van der Waals surface area contributed by atoms with E-state index < -0.39 is 5.97 Å². The van der Waals surface area contributed by atoms with Gasteiger partial charge in [0.1, 0.15) is 19.2 Å². The molecule has 8 nitrogen and oxygen atoms in total. The second-order valence-corrected chi connectivity index (χ2v) is 3.83. The number of amides is 1. The molecule has 0 bridgehead atoms. The summed E-state index contributed by atoms with van der Waals surface area (Å²) >= 11 is 1.19. The summed E-state index contributed by atoms with van der Waals surface area (Å²) in [4.78, 5) is 23.0. The number of carbonyl (C=O) groups excluding carboxylic acids is 1. The molecule has 9 heteroatoms. The van der Waals surface area contributed by atoms with Crippen molar-refractivity contribution in [1.29, 1.82) is 0 Å². The molecule has 1 saturated heterocycles. The van der Waals surface area contributed by atoms with E-state index in [2.05, 4.69) is 15.3 Å². The van der Waals surface area contributed by atoms with Crippen LogP contribution in [-0.2, 0) is 9.59 Å². The van der Waals surface area contributed by atoms with E-state index in [9.17, 15) is 9.59 Å². The van der Waals surface area contributed by atoms with Gasteiger partial charge < -0.3 is 5.11 Å². The lowest BCUT2D eigenvalue weighted by Gasteiger charge is -2.11. The van der Waals surface area contributed by atoms with Crippen molar-refractivity contribution >= 4 is 28.8 Å². The third-order valence-electron chi connectivity index (χ3n) is 1.76. The Morgan fingerprint density at radius 2 is 2.25 bits per heavy atom. The monoisotopic (exact) mass is 241 g/mol. The largest absolute Gasteiger partial charge is 0.480 e. The highest BCUT2D eigenvalue weighted by Gasteiger charge is 2.30. The molecule has 0 unspecified atom stereocenters. The topological polar surface area (TPSA) is 101 Å². The molecule has 1 aromatic heterocycles. The van der Waals surface area contributed by atoms with E-state index in [4.69, 9.17) is 5.11 Å². The number of carbonyl (C=O) groups is 2. The first-order chi connectivity index (χ1) is 7.66. The average Bonchev–Trinajstić information content (AvgIpc) is 2.82. The summed E-state index contributed by atoms with van der Waals surface area (Å²) in [6.45, 7) is -0.382. The van der Waals surface area contributed by atoms with Gasteiger partial charge in [-0.1, -0.05) is 11.8 Å². The number of aliphatic carboxylic acids is 1. The summed E-state index contributed by atoms with van der Waals surface area (Å²) in [5, 5.41) is 20.1. The van der Waals surface area contributed by atoms with Crippen molar-refractivity contribution in [2.45, 2.75) is 0 Å². The van der Waals surface area contributed by atoms with Gasteiger partial charge in [-0.05, 0) is 0 Å². The van der Waals surface area contributed by atoms with Crippen LogP contribution in [-0.4, -0.2) is 54.2 Å². The van der Waals surface area contributed by atoms with Gasteiger partial charge in [-0.3, -0.25) is 14.5 Å². The summed E-state index contributed by atoms with van der Waals surface area (Å²) in [6, 6.07) is 0. The Balaban J connectivity index is 2.20. The van der Waals surface area contributed by atoms with Gasteiger partial charge in [0.05, 0.1) is 5.75 Å². The standard InChI is InChI=1S/C7H7N5O3S/c13-5-2-16-7(12(5)1-6(14)15)10-11-3-8-9-4-11/h3-4H,1-2H2,(H,14,15)/b10-7-. The Kier molecular flexibility index (Phi) is 2.86. The van der Waals surface area contributed by atoms with E-state index in [1.54, 1.807) is 0 Å². The number of rotatable bonds is 3. The van der Waals surface area contributed by atoms with Crippen LogP contribution in [0, 0.1) is 0 Å². The molecular weight excluding hydrogens is 234 g/mol. The highest BCUT2D eigenvalue weighted by Crippen LogP contribution is 2.19. The minimum absolute atomic E-state index is 0.203. The lowest BCUT2D eigenvalue weighted by atomic mass is 10.5. The van der Waals surface area contributed by atoms with E-state index in [1.165, 1.54) is 29.1 Å². The smallest absolute Gasteiger partial charge is 0.323 e. The maximum atomic E-state index is 11.4. The van der Waals surface area contributed by atoms with Gasteiger partial charge in [0.15, 0.2) is 5.17 Å².